The Hall–Kier alpha value is -3.59. The summed E-state index contributed by atoms with van der Waals surface area (Å²) in [6.07, 6.45) is 5.07. The Morgan fingerprint density at radius 1 is 1.13 bits per heavy atom. The first-order valence-electron chi connectivity index (χ1n) is 9.53. The Morgan fingerprint density at radius 2 is 1.97 bits per heavy atom. The average molecular weight is 417 g/mol. The summed E-state index contributed by atoms with van der Waals surface area (Å²) in [6, 6.07) is 7.70. The van der Waals surface area contributed by atoms with Gasteiger partial charge < -0.3 is 5.32 Å². The number of nitrogens with zero attached hydrogens (tertiary/aromatic N) is 6. The maximum atomic E-state index is 13.4. The highest BCUT2D eigenvalue weighted by molar-refractivity contribution is 7.13. The van der Waals surface area contributed by atoms with Crippen molar-refractivity contribution in [1.29, 1.82) is 0 Å². The summed E-state index contributed by atoms with van der Waals surface area (Å²) in [4.78, 5) is 23.5. The minimum absolute atomic E-state index is 0.125. The Kier molecular flexibility index (Phi) is 4.32. The van der Waals surface area contributed by atoms with Crippen LogP contribution in [0.25, 0.3) is 32.6 Å². The molecule has 0 radical (unpaired) electrons. The van der Waals surface area contributed by atoms with Gasteiger partial charge in [-0.2, -0.15) is 10.2 Å². The van der Waals surface area contributed by atoms with Crippen molar-refractivity contribution in [3.05, 3.63) is 53.8 Å². The molecule has 150 valence electrons. The van der Waals surface area contributed by atoms with Crippen molar-refractivity contribution in [2.24, 2.45) is 7.05 Å². The zero-order valence-corrected chi connectivity index (χ0v) is 17.5. The number of hydrogen-bond donors (Lipinski definition) is 1. The van der Waals surface area contributed by atoms with E-state index in [4.69, 9.17) is 4.98 Å². The molecule has 8 nitrogen and oxygen atoms in total. The fourth-order valence-corrected chi connectivity index (χ4v) is 4.17. The number of pyridine rings is 2. The zero-order valence-electron chi connectivity index (χ0n) is 16.7. The highest BCUT2D eigenvalue weighted by atomic mass is 32.1. The standard InChI is InChI=1S/C21H19N7OS/c1-12(2)28-20-14(10-24-28)13(9-17(25-20)18-5-4-8-30-18)21(29)26-16-6-7-22-19-15(16)11-23-27(19)3/h4-12H,1-3H3,(H,22,26,29). The second-order valence-electron chi connectivity index (χ2n) is 7.27. The number of nitrogens with one attached hydrogen (secondary N) is 1. The lowest BCUT2D eigenvalue weighted by Crippen LogP contribution is -2.13. The second kappa shape index (κ2) is 7.03. The zero-order chi connectivity index (χ0) is 20.8. The molecule has 5 aromatic rings. The Bertz CT molecular complexity index is 1380. The molecule has 0 aliphatic carbocycles. The van der Waals surface area contributed by atoms with Gasteiger partial charge in [-0.1, -0.05) is 6.07 Å². The number of anilines is 1. The number of aryl methyl sites for hydroxylation is 1. The number of rotatable bonds is 4. The molecule has 1 N–H and O–H groups in total. The minimum Gasteiger partial charge on any atom is -0.321 e. The van der Waals surface area contributed by atoms with E-state index in [0.29, 0.717) is 22.5 Å². The van der Waals surface area contributed by atoms with E-state index in [1.54, 1.807) is 40.7 Å². The van der Waals surface area contributed by atoms with Gasteiger partial charge in [0.2, 0.25) is 0 Å². The smallest absolute Gasteiger partial charge is 0.256 e. The molecule has 0 fully saturated rings. The van der Waals surface area contributed by atoms with Crippen molar-refractivity contribution in [1.82, 2.24) is 29.5 Å². The fraction of sp³-hybridized carbons (Fsp3) is 0.190. The van der Waals surface area contributed by atoms with Crippen LogP contribution < -0.4 is 5.32 Å². The van der Waals surface area contributed by atoms with Crippen LogP contribution in [0.2, 0.25) is 0 Å². The highest BCUT2D eigenvalue weighted by Gasteiger charge is 2.20. The number of hydrogen-bond acceptors (Lipinski definition) is 6. The average Bonchev–Trinajstić information content (AvgIpc) is 3.47. The number of fused-ring (bicyclic) bond motifs is 2. The number of thiophene rings is 1. The summed E-state index contributed by atoms with van der Waals surface area (Å²) in [6.45, 7) is 4.09. The summed E-state index contributed by atoms with van der Waals surface area (Å²) in [5.74, 6) is -0.222. The summed E-state index contributed by atoms with van der Waals surface area (Å²) in [5.41, 5.74) is 3.36. The van der Waals surface area contributed by atoms with E-state index in [1.165, 1.54) is 0 Å². The third kappa shape index (κ3) is 2.94. The van der Waals surface area contributed by atoms with E-state index in [9.17, 15) is 4.79 Å². The van der Waals surface area contributed by atoms with Gasteiger partial charge in [0.05, 0.1) is 45.0 Å². The first kappa shape index (κ1) is 18.4. The molecule has 0 aliphatic rings. The molecule has 30 heavy (non-hydrogen) atoms. The van der Waals surface area contributed by atoms with Crippen LogP contribution in [-0.2, 0) is 7.05 Å². The molecule has 0 aliphatic heterocycles. The largest absolute Gasteiger partial charge is 0.321 e. The molecular weight excluding hydrogens is 398 g/mol. The number of carbonyl (C=O) groups is 1. The van der Waals surface area contributed by atoms with Gasteiger partial charge in [0.15, 0.2) is 11.3 Å². The van der Waals surface area contributed by atoms with Gasteiger partial charge in [-0.25, -0.2) is 14.6 Å². The molecule has 0 spiro atoms. The van der Waals surface area contributed by atoms with Crippen molar-refractivity contribution >= 4 is 45.0 Å². The van der Waals surface area contributed by atoms with Gasteiger partial charge in [0, 0.05) is 19.3 Å². The maximum Gasteiger partial charge on any atom is 0.256 e. The molecule has 5 aromatic heterocycles. The van der Waals surface area contributed by atoms with Crippen LogP contribution in [0, 0.1) is 0 Å². The quantitative estimate of drug-likeness (QED) is 0.471. The van der Waals surface area contributed by atoms with Crippen LogP contribution in [0.5, 0.6) is 0 Å². The molecule has 0 saturated carbocycles. The molecule has 5 rings (SSSR count). The van der Waals surface area contributed by atoms with Crippen molar-refractivity contribution in [3.63, 3.8) is 0 Å². The summed E-state index contributed by atoms with van der Waals surface area (Å²) in [7, 11) is 1.82. The van der Waals surface area contributed by atoms with E-state index in [0.717, 1.165) is 21.3 Å². The summed E-state index contributed by atoms with van der Waals surface area (Å²) in [5, 5.41) is 15.2. The molecule has 1 amide bonds. The number of carbonyl (C=O) groups excluding carboxylic acids is 1. The SMILES string of the molecule is CC(C)n1ncc2c(C(=O)Nc3ccnc4c3cnn4C)cc(-c3cccs3)nc21. The van der Waals surface area contributed by atoms with E-state index >= 15 is 0 Å². The lowest BCUT2D eigenvalue weighted by Gasteiger charge is -2.11. The second-order valence-corrected chi connectivity index (χ2v) is 8.22. The molecule has 5 heterocycles. The van der Waals surface area contributed by atoms with Crippen molar-refractivity contribution in [2.45, 2.75) is 19.9 Å². The van der Waals surface area contributed by atoms with E-state index in [1.807, 2.05) is 49.2 Å². The molecular formula is C21H19N7OS. The van der Waals surface area contributed by atoms with Gasteiger partial charge in [0.25, 0.3) is 5.91 Å². The van der Waals surface area contributed by atoms with Crippen molar-refractivity contribution < 1.29 is 4.79 Å². The van der Waals surface area contributed by atoms with Crippen LogP contribution in [0.3, 0.4) is 0 Å². The van der Waals surface area contributed by atoms with Gasteiger partial charge in [-0.15, -0.1) is 11.3 Å². The van der Waals surface area contributed by atoms with Gasteiger partial charge in [-0.3, -0.25) is 9.48 Å². The van der Waals surface area contributed by atoms with Crippen molar-refractivity contribution in [3.8, 4) is 10.6 Å². The Labute approximate surface area is 176 Å². The fourth-order valence-electron chi connectivity index (χ4n) is 3.48. The van der Waals surface area contributed by atoms with E-state index in [-0.39, 0.29) is 11.9 Å². The number of aromatic nitrogens is 6. The normalized spacial score (nSPS) is 11.6. The molecule has 9 heteroatoms. The van der Waals surface area contributed by atoms with Gasteiger partial charge >= 0.3 is 0 Å². The Balaban J connectivity index is 1.64. The van der Waals surface area contributed by atoms with Gasteiger partial charge in [-0.05, 0) is 37.4 Å². The third-order valence-electron chi connectivity index (χ3n) is 4.96. The molecule has 0 bridgehead atoms. The van der Waals surface area contributed by atoms with Crippen LogP contribution in [0.15, 0.2) is 48.2 Å². The first-order chi connectivity index (χ1) is 14.5. The van der Waals surface area contributed by atoms with Crippen LogP contribution in [0.4, 0.5) is 5.69 Å². The summed E-state index contributed by atoms with van der Waals surface area (Å²) >= 11 is 1.59. The van der Waals surface area contributed by atoms with Crippen LogP contribution in [-0.4, -0.2) is 35.4 Å². The van der Waals surface area contributed by atoms with Crippen LogP contribution >= 0.6 is 11.3 Å². The lowest BCUT2D eigenvalue weighted by molar-refractivity contribution is 0.102. The third-order valence-corrected chi connectivity index (χ3v) is 5.85. The molecule has 0 saturated heterocycles. The maximum absolute atomic E-state index is 13.4. The van der Waals surface area contributed by atoms with Crippen LogP contribution in [0.1, 0.15) is 30.2 Å². The minimum atomic E-state index is -0.222. The number of amides is 1. The highest BCUT2D eigenvalue weighted by Crippen LogP contribution is 2.30. The molecule has 0 atom stereocenters. The predicted octanol–water partition coefficient (Wildman–Crippen LogP) is 4.27. The Morgan fingerprint density at radius 3 is 2.73 bits per heavy atom. The predicted molar refractivity (Wildman–Crippen MR) is 118 cm³/mol. The van der Waals surface area contributed by atoms with E-state index in [2.05, 4.69) is 20.5 Å². The van der Waals surface area contributed by atoms with Crippen molar-refractivity contribution in [2.75, 3.05) is 5.32 Å². The first-order valence-corrected chi connectivity index (χ1v) is 10.4. The van der Waals surface area contributed by atoms with Gasteiger partial charge in [0.1, 0.15) is 0 Å². The molecule has 0 aromatic carbocycles. The van der Waals surface area contributed by atoms with E-state index < -0.39 is 0 Å². The topological polar surface area (TPSA) is 90.5 Å². The molecule has 0 unspecified atom stereocenters. The monoisotopic (exact) mass is 417 g/mol. The summed E-state index contributed by atoms with van der Waals surface area (Å²) < 4.78 is 3.52. The lowest BCUT2D eigenvalue weighted by atomic mass is 10.1.